The third-order valence-corrected chi connectivity index (χ3v) is 3.04. The Morgan fingerprint density at radius 3 is 2.45 bits per heavy atom. The standard InChI is InChI=1S/C15H14O7/c1-3-21-15(19)13-10(12(17)14(18)22-13)11(16)8-4-6-9(20-2)7-5-8/h4-7,13,16H,3H2,1-2H3/b11-10-. The predicted molar refractivity (Wildman–Crippen MR) is 74.1 cm³/mol. The third-order valence-electron chi connectivity index (χ3n) is 3.04. The van der Waals surface area contributed by atoms with Crippen LogP contribution in [0.15, 0.2) is 29.8 Å². The molecule has 1 aromatic carbocycles. The molecule has 1 atom stereocenters. The van der Waals surface area contributed by atoms with Gasteiger partial charge in [-0.15, -0.1) is 0 Å². The van der Waals surface area contributed by atoms with Crippen LogP contribution < -0.4 is 4.74 Å². The molecular weight excluding hydrogens is 292 g/mol. The number of carbonyl (C=O) groups is 3. The van der Waals surface area contributed by atoms with Crippen LogP contribution in [0.1, 0.15) is 12.5 Å². The number of aliphatic hydroxyl groups is 1. The molecule has 0 radical (unpaired) electrons. The number of hydrogen-bond acceptors (Lipinski definition) is 7. The highest BCUT2D eigenvalue weighted by Crippen LogP contribution is 2.28. The maximum Gasteiger partial charge on any atom is 0.380 e. The normalized spacial score (nSPS) is 19.6. The van der Waals surface area contributed by atoms with Crippen molar-refractivity contribution in [3.63, 3.8) is 0 Å². The summed E-state index contributed by atoms with van der Waals surface area (Å²) in [4.78, 5) is 35.0. The van der Waals surface area contributed by atoms with Crippen molar-refractivity contribution >= 4 is 23.5 Å². The minimum absolute atomic E-state index is 0.0532. The van der Waals surface area contributed by atoms with E-state index in [1.165, 1.54) is 19.2 Å². The Labute approximate surface area is 126 Å². The van der Waals surface area contributed by atoms with Gasteiger partial charge in [-0.1, -0.05) is 0 Å². The Kier molecular flexibility index (Phi) is 4.45. The summed E-state index contributed by atoms with van der Waals surface area (Å²) in [5.74, 6) is -3.12. The van der Waals surface area contributed by atoms with Gasteiger partial charge in [0.05, 0.1) is 13.7 Å². The zero-order valence-corrected chi connectivity index (χ0v) is 12.0. The van der Waals surface area contributed by atoms with E-state index in [2.05, 4.69) is 4.74 Å². The second-order valence-corrected chi connectivity index (χ2v) is 4.36. The van der Waals surface area contributed by atoms with Crippen LogP contribution in [0, 0.1) is 0 Å². The second-order valence-electron chi connectivity index (χ2n) is 4.36. The van der Waals surface area contributed by atoms with Crippen molar-refractivity contribution in [3.8, 4) is 5.75 Å². The molecule has 0 spiro atoms. The number of rotatable bonds is 4. The van der Waals surface area contributed by atoms with Crippen LogP contribution in [0.2, 0.25) is 0 Å². The van der Waals surface area contributed by atoms with E-state index in [1.807, 2.05) is 0 Å². The Balaban J connectivity index is 2.44. The van der Waals surface area contributed by atoms with Gasteiger partial charge in [0.1, 0.15) is 17.1 Å². The maximum absolute atomic E-state index is 11.8. The fraction of sp³-hybridized carbons (Fsp3) is 0.267. The van der Waals surface area contributed by atoms with Crippen LogP contribution in [0.25, 0.3) is 5.76 Å². The van der Waals surface area contributed by atoms with E-state index >= 15 is 0 Å². The zero-order chi connectivity index (χ0) is 16.3. The quantitative estimate of drug-likeness (QED) is 0.384. The zero-order valence-electron chi connectivity index (χ0n) is 12.0. The molecule has 1 N–H and O–H groups in total. The lowest BCUT2D eigenvalue weighted by atomic mass is 10.0. The fourth-order valence-electron chi connectivity index (χ4n) is 1.97. The Morgan fingerprint density at radius 2 is 1.91 bits per heavy atom. The largest absolute Gasteiger partial charge is 0.507 e. The number of hydrogen-bond donors (Lipinski definition) is 1. The van der Waals surface area contributed by atoms with Gasteiger partial charge in [0, 0.05) is 5.56 Å². The van der Waals surface area contributed by atoms with Gasteiger partial charge in [0.2, 0.25) is 6.10 Å². The van der Waals surface area contributed by atoms with Crippen molar-refractivity contribution in [1.82, 2.24) is 0 Å². The predicted octanol–water partition coefficient (Wildman–Crippen LogP) is 1.02. The first kappa shape index (κ1) is 15.6. The average molecular weight is 306 g/mol. The monoisotopic (exact) mass is 306 g/mol. The highest BCUT2D eigenvalue weighted by atomic mass is 16.6. The van der Waals surface area contributed by atoms with Gasteiger partial charge < -0.3 is 19.3 Å². The number of ether oxygens (including phenoxy) is 3. The van der Waals surface area contributed by atoms with Gasteiger partial charge in [-0.2, -0.15) is 0 Å². The number of Topliss-reactive ketones (excluding diaryl/α,β-unsaturated/α-hetero) is 1. The summed E-state index contributed by atoms with van der Waals surface area (Å²) >= 11 is 0. The van der Waals surface area contributed by atoms with E-state index in [0.29, 0.717) is 5.75 Å². The fourth-order valence-corrected chi connectivity index (χ4v) is 1.97. The van der Waals surface area contributed by atoms with Gasteiger partial charge in [0.25, 0.3) is 5.78 Å². The van der Waals surface area contributed by atoms with Crippen molar-refractivity contribution in [2.24, 2.45) is 0 Å². The molecule has 0 aromatic heterocycles. The molecule has 0 bridgehead atoms. The molecule has 0 saturated carbocycles. The van der Waals surface area contributed by atoms with E-state index in [1.54, 1.807) is 19.1 Å². The van der Waals surface area contributed by atoms with Gasteiger partial charge >= 0.3 is 11.9 Å². The van der Waals surface area contributed by atoms with Gasteiger partial charge in [-0.3, -0.25) is 4.79 Å². The second kappa shape index (κ2) is 6.30. The van der Waals surface area contributed by atoms with Crippen LogP contribution in [-0.2, 0) is 23.9 Å². The Hall–Kier alpha value is -2.83. The van der Waals surface area contributed by atoms with Crippen molar-refractivity contribution in [1.29, 1.82) is 0 Å². The molecule has 1 heterocycles. The number of methoxy groups -OCH3 is 1. The molecule has 0 aliphatic carbocycles. The van der Waals surface area contributed by atoms with E-state index in [-0.39, 0.29) is 12.2 Å². The van der Waals surface area contributed by atoms with Crippen molar-refractivity contribution in [2.45, 2.75) is 13.0 Å². The summed E-state index contributed by atoms with van der Waals surface area (Å²) in [7, 11) is 1.48. The van der Waals surface area contributed by atoms with Crippen molar-refractivity contribution in [2.75, 3.05) is 13.7 Å². The first-order chi connectivity index (χ1) is 10.5. The molecule has 1 aliphatic heterocycles. The first-order valence-corrected chi connectivity index (χ1v) is 6.49. The highest BCUT2D eigenvalue weighted by Gasteiger charge is 2.46. The summed E-state index contributed by atoms with van der Waals surface area (Å²) in [5, 5.41) is 10.2. The third kappa shape index (κ3) is 2.78. The SMILES string of the molecule is CCOC(=O)C1OC(=O)C(=O)/C1=C(/O)c1ccc(OC)cc1. The Bertz CT molecular complexity index is 642. The molecule has 1 unspecified atom stereocenters. The van der Waals surface area contributed by atoms with Crippen LogP contribution in [0.4, 0.5) is 0 Å². The van der Waals surface area contributed by atoms with Crippen LogP contribution >= 0.6 is 0 Å². The van der Waals surface area contributed by atoms with Crippen LogP contribution in [-0.4, -0.2) is 42.6 Å². The summed E-state index contributed by atoms with van der Waals surface area (Å²) in [6.45, 7) is 1.63. The smallest absolute Gasteiger partial charge is 0.380 e. The number of aliphatic hydroxyl groups excluding tert-OH is 1. The lowest BCUT2D eigenvalue weighted by molar-refractivity contribution is -0.160. The molecule has 1 fully saturated rings. The van der Waals surface area contributed by atoms with Crippen molar-refractivity contribution in [3.05, 3.63) is 35.4 Å². The molecule has 116 valence electrons. The van der Waals surface area contributed by atoms with Crippen molar-refractivity contribution < 1.29 is 33.7 Å². The lowest BCUT2D eigenvalue weighted by Crippen LogP contribution is -2.25. The first-order valence-electron chi connectivity index (χ1n) is 6.49. The number of esters is 2. The number of carbonyl (C=O) groups excluding carboxylic acids is 3. The summed E-state index contributed by atoms with van der Waals surface area (Å²) in [5.41, 5.74) is -0.176. The van der Waals surface area contributed by atoms with Crippen LogP contribution in [0.5, 0.6) is 5.75 Å². The minimum atomic E-state index is -1.55. The topological polar surface area (TPSA) is 99.1 Å². The maximum atomic E-state index is 11.8. The van der Waals surface area contributed by atoms with E-state index in [4.69, 9.17) is 9.47 Å². The molecule has 1 aliphatic rings. The van der Waals surface area contributed by atoms with E-state index in [0.717, 1.165) is 0 Å². The molecule has 1 saturated heterocycles. The molecular formula is C15H14O7. The molecule has 2 rings (SSSR count). The summed E-state index contributed by atoms with van der Waals surface area (Å²) < 4.78 is 14.4. The number of ketones is 1. The lowest BCUT2D eigenvalue weighted by Gasteiger charge is -2.11. The molecule has 0 amide bonds. The number of benzene rings is 1. The van der Waals surface area contributed by atoms with Crippen LogP contribution in [0.3, 0.4) is 0 Å². The summed E-state index contributed by atoms with van der Waals surface area (Å²) in [6, 6.07) is 6.10. The summed E-state index contributed by atoms with van der Waals surface area (Å²) in [6.07, 6.45) is -1.55. The molecule has 22 heavy (non-hydrogen) atoms. The molecule has 7 heteroatoms. The number of cyclic esters (lactones) is 1. The van der Waals surface area contributed by atoms with E-state index in [9.17, 15) is 19.5 Å². The molecule has 7 nitrogen and oxygen atoms in total. The van der Waals surface area contributed by atoms with Gasteiger partial charge in [-0.25, -0.2) is 9.59 Å². The average Bonchev–Trinajstić information content (AvgIpc) is 2.83. The van der Waals surface area contributed by atoms with Gasteiger partial charge in [0.15, 0.2) is 0 Å². The van der Waals surface area contributed by atoms with E-state index < -0.39 is 35.2 Å². The van der Waals surface area contributed by atoms with Gasteiger partial charge in [-0.05, 0) is 31.2 Å². The minimum Gasteiger partial charge on any atom is -0.507 e. The molecule has 1 aromatic rings. The Morgan fingerprint density at radius 1 is 1.27 bits per heavy atom. The highest BCUT2D eigenvalue weighted by molar-refractivity contribution is 6.45.